The van der Waals surface area contributed by atoms with Crippen molar-refractivity contribution in [3.63, 3.8) is 0 Å². The van der Waals surface area contributed by atoms with Gasteiger partial charge in [-0.15, -0.1) is 0 Å². The number of hydrogen-bond donors (Lipinski definition) is 0. The molecule has 6 heterocycles. The van der Waals surface area contributed by atoms with Gasteiger partial charge in [0.2, 0.25) is 11.4 Å². The summed E-state index contributed by atoms with van der Waals surface area (Å²) in [5, 5.41) is 2.57. The summed E-state index contributed by atoms with van der Waals surface area (Å²) in [6, 6.07) is 31.3. The third-order valence-electron chi connectivity index (χ3n) is 10.0. The molecule has 2 aliphatic rings. The molecule has 3 aromatic carbocycles. The lowest BCUT2D eigenvalue weighted by Crippen LogP contribution is -2.43. The highest BCUT2D eigenvalue weighted by molar-refractivity contribution is 5.94. The van der Waals surface area contributed by atoms with E-state index in [9.17, 15) is 0 Å². The van der Waals surface area contributed by atoms with Gasteiger partial charge in [0, 0.05) is 85.4 Å². The first-order valence-corrected chi connectivity index (χ1v) is 16.3. The van der Waals surface area contributed by atoms with Crippen LogP contribution in [0, 0.1) is 0 Å². The second kappa shape index (κ2) is 10.6. The SMILES string of the molecule is Cn1cc(/C=C/c2cc[n+]3c(c2)-c2c(ccc4c2-c2cc(/C=C/c5cn(C)c6ccccc56)cc[n+]2CC4)CC3)c2ccccc21. The molecule has 0 bridgehead atoms. The van der Waals surface area contributed by atoms with Crippen molar-refractivity contribution in [2.24, 2.45) is 14.1 Å². The van der Waals surface area contributed by atoms with Gasteiger partial charge in [0.15, 0.2) is 25.5 Å². The molecule has 0 saturated heterocycles. The van der Waals surface area contributed by atoms with Crippen molar-refractivity contribution in [2.45, 2.75) is 25.9 Å². The van der Waals surface area contributed by atoms with Gasteiger partial charge < -0.3 is 9.13 Å². The summed E-state index contributed by atoms with van der Waals surface area (Å²) in [6.45, 7) is 2.00. The molecular formula is C42H36N4+2. The summed E-state index contributed by atoms with van der Waals surface area (Å²) < 4.78 is 9.31. The quantitative estimate of drug-likeness (QED) is 0.183. The van der Waals surface area contributed by atoms with Crippen LogP contribution in [0.2, 0.25) is 0 Å². The monoisotopic (exact) mass is 596 g/mol. The van der Waals surface area contributed by atoms with E-state index in [1.165, 1.54) is 77.7 Å². The van der Waals surface area contributed by atoms with Gasteiger partial charge in [-0.05, 0) is 45.5 Å². The predicted molar refractivity (Wildman–Crippen MR) is 189 cm³/mol. The lowest BCUT2D eigenvalue weighted by atomic mass is 9.84. The highest BCUT2D eigenvalue weighted by Crippen LogP contribution is 2.40. The van der Waals surface area contributed by atoms with E-state index in [0.29, 0.717) is 0 Å². The number of pyridine rings is 2. The van der Waals surface area contributed by atoms with Crippen molar-refractivity contribution in [3.05, 3.63) is 143 Å². The molecule has 4 aromatic heterocycles. The average Bonchev–Trinajstić information content (AvgIpc) is 3.60. The van der Waals surface area contributed by atoms with Crippen molar-refractivity contribution in [2.75, 3.05) is 0 Å². The van der Waals surface area contributed by atoms with Crippen LogP contribution in [0.25, 0.3) is 68.6 Å². The molecule has 0 atom stereocenters. The molecule has 0 amide bonds. The Morgan fingerprint density at radius 1 is 0.543 bits per heavy atom. The molecule has 222 valence electrons. The molecule has 4 heteroatoms. The first-order chi connectivity index (χ1) is 22.6. The maximum absolute atomic E-state index is 2.45. The Labute approximate surface area is 269 Å². The number of aromatic nitrogens is 4. The molecule has 0 fully saturated rings. The smallest absolute Gasteiger partial charge is 0.214 e. The van der Waals surface area contributed by atoms with Crippen LogP contribution in [-0.4, -0.2) is 9.13 Å². The first kappa shape index (κ1) is 26.9. The number of aryl methyl sites for hydroxylation is 6. The van der Waals surface area contributed by atoms with Gasteiger partial charge in [0.25, 0.3) is 0 Å². The van der Waals surface area contributed by atoms with E-state index in [-0.39, 0.29) is 0 Å². The number of para-hydroxylation sites is 2. The molecule has 7 aromatic rings. The number of nitrogens with zero attached hydrogens (tertiary/aromatic N) is 4. The Kier molecular flexibility index (Phi) is 6.17. The second-order valence-electron chi connectivity index (χ2n) is 12.8. The zero-order chi connectivity index (χ0) is 30.8. The summed E-state index contributed by atoms with van der Waals surface area (Å²) in [5.41, 5.74) is 15.7. The minimum Gasteiger partial charge on any atom is -0.350 e. The third-order valence-corrected chi connectivity index (χ3v) is 10.0. The van der Waals surface area contributed by atoms with Gasteiger partial charge in [-0.3, -0.25) is 0 Å². The van der Waals surface area contributed by atoms with Gasteiger partial charge >= 0.3 is 0 Å². The minimum atomic E-state index is 1.00. The van der Waals surface area contributed by atoms with Crippen LogP contribution in [0.1, 0.15) is 33.4 Å². The Morgan fingerprint density at radius 2 is 1.00 bits per heavy atom. The Bertz CT molecular complexity index is 2230. The highest BCUT2D eigenvalue weighted by atomic mass is 15.0. The molecule has 2 aliphatic heterocycles. The molecule has 0 N–H and O–H groups in total. The molecule has 46 heavy (non-hydrogen) atoms. The fraction of sp³-hybridized carbons (Fsp3) is 0.143. The fourth-order valence-electron chi connectivity index (χ4n) is 7.68. The minimum absolute atomic E-state index is 1.00. The number of benzene rings is 3. The van der Waals surface area contributed by atoms with Crippen molar-refractivity contribution < 1.29 is 9.13 Å². The predicted octanol–water partition coefficient (Wildman–Crippen LogP) is 8.03. The van der Waals surface area contributed by atoms with Crippen molar-refractivity contribution in [3.8, 4) is 22.5 Å². The largest absolute Gasteiger partial charge is 0.350 e. The summed E-state index contributed by atoms with van der Waals surface area (Å²) in [6.07, 6.45) is 20.2. The van der Waals surface area contributed by atoms with Crippen molar-refractivity contribution in [1.29, 1.82) is 0 Å². The van der Waals surface area contributed by atoms with Gasteiger partial charge in [-0.2, -0.15) is 9.13 Å². The Hall–Kier alpha value is -5.48. The highest BCUT2D eigenvalue weighted by Gasteiger charge is 2.33. The van der Waals surface area contributed by atoms with Gasteiger partial charge in [0.05, 0.1) is 11.1 Å². The Balaban J connectivity index is 1.13. The summed E-state index contributed by atoms with van der Waals surface area (Å²) in [7, 11) is 4.24. The van der Waals surface area contributed by atoms with Gasteiger partial charge in [-0.1, -0.05) is 72.8 Å². The fourth-order valence-corrected chi connectivity index (χ4v) is 7.68. The zero-order valence-corrected chi connectivity index (χ0v) is 26.3. The van der Waals surface area contributed by atoms with Crippen LogP contribution in [0.3, 0.4) is 0 Å². The molecule has 0 unspecified atom stereocenters. The van der Waals surface area contributed by atoms with E-state index in [2.05, 4.69) is 166 Å². The Morgan fingerprint density at radius 3 is 1.48 bits per heavy atom. The van der Waals surface area contributed by atoms with E-state index in [0.717, 1.165) is 25.9 Å². The third kappa shape index (κ3) is 4.36. The van der Waals surface area contributed by atoms with Crippen LogP contribution in [0.5, 0.6) is 0 Å². The molecule has 0 aliphatic carbocycles. The van der Waals surface area contributed by atoms with E-state index < -0.39 is 0 Å². The van der Waals surface area contributed by atoms with E-state index in [1.54, 1.807) is 0 Å². The molecule has 9 rings (SSSR count). The molecule has 4 nitrogen and oxygen atoms in total. The number of rotatable bonds is 4. The number of hydrogen-bond acceptors (Lipinski definition) is 0. The normalized spacial score (nSPS) is 13.8. The van der Waals surface area contributed by atoms with E-state index in [1.807, 2.05) is 0 Å². The summed E-state index contributed by atoms with van der Waals surface area (Å²) in [5.74, 6) is 0. The van der Waals surface area contributed by atoms with E-state index >= 15 is 0 Å². The van der Waals surface area contributed by atoms with Crippen molar-refractivity contribution in [1.82, 2.24) is 9.13 Å². The van der Waals surface area contributed by atoms with Crippen LogP contribution in [-0.2, 0) is 40.0 Å². The maximum Gasteiger partial charge on any atom is 0.214 e. The number of fused-ring (bicyclic) bond motifs is 9. The molecule has 0 saturated carbocycles. The van der Waals surface area contributed by atoms with Crippen LogP contribution >= 0.6 is 0 Å². The average molecular weight is 597 g/mol. The first-order valence-electron chi connectivity index (χ1n) is 16.3. The lowest BCUT2D eigenvalue weighted by molar-refractivity contribution is -0.689. The lowest BCUT2D eigenvalue weighted by Gasteiger charge is -2.23. The molecular weight excluding hydrogens is 560 g/mol. The maximum atomic E-state index is 2.45. The van der Waals surface area contributed by atoms with Crippen LogP contribution in [0.15, 0.2) is 110 Å². The second-order valence-corrected chi connectivity index (χ2v) is 12.8. The molecule has 0 radical (unpaired) electrons. The zero-order valence-electron chi connectivity index (χ0n) is 26.3. The topological polar surface area (TPSA) is 17.6 Å². The van der Waals surface area contributed by atoms with Crippen molar-refractivity contribution >= 4 is 46.1 Å². The molecule has 0 spiro atoms. The van der Waals surface area contributed by atoms with Crippen LogP contribution in [0.4, 0.5) is 0 Å². The van der Waals surface area contributed by atoms with E-state index in [4.69, 9.17) is 0 Å². The summed E-state index contributed by atoms with van der Waals surface area (Å²) >= 11 is 0. The standard InChI is InChI=1S/C42H36N4/c1-43-27-33(35-7-3-5-9-37(35)43)13-11-29-17-21-45-23-19-31-15-16-32-20-24-46-22-18-30(26-40(46)42(32)41(31)39(45)25-29)12-14-34-28-44(2)38-10-6-4-8-36(34)38/h3-18,21-22,25-28H,19-20,23-24H2,1-2H3/q+2. The summed E-state index contributed by atoms with van der Waals surface area (Å²) in [4.78, 5) is 0. The van der Waals surface area contributed by atoms with Crippen LogP contribution < -0.4 is 9.13 Å². The van der Waals surface area contributed by atoms with Gasteiger partial charge in [-0.25, -0.2) is 0 Å². The van der Waals surface area contributed by atoms with Gasteiger partial charge in [0.1, 0.15) is 0 Å².